The average Bonchev–Trinajstić information content (AvgIpc) is 2.89. The van der Waals surface area contributed by atoms with Gasteiger partial charge in [0.1, 0.15) is 5.82 Å². The number of thiophene rings is 1. The molecule has 0 saturated heterocycles. The van der Waals surface area contributed by atoms with Gasteiger partial charge in [0.2, 0.25) is 0 Å². The van der Waals surface area contributed by atoms with Crippen LogP contribution in [0.3, 0.4) is 0 Å². The molecule has 1 aromatic heterocycles. The molecule has 0 saturated carbocycles. The van der Waals surface area contributed by atoms with Gasteiger partial charge in [0, 0.05) is 4.88 Å². The van der Waals surface area contributed by atoms with E-state index in [1.165, 1.54) is 17.0 Å². The Balaban J connectivity index is 2.14. The molecule has 0 aliphatic carbocycles. The lowest BCUT2D eigenvalue weighted by Crippen LogP contribution is -2.25. The molecular formula is C15H17FOS. The summed E-state index contributed by atoms with van der Waals surface area (Å²) in [6, 6.07) is 10.3. The minimum atomic E-state index is -0.938. The summed E-state index contributed by atoms with van der Waals surface area (Å²) in [4.78, 5) is 1.25. The Morgan fingerprint density at radius 3 is 2.72 bits per heavy atom. The van der Waals surface area contributed by atoms with Crippen LogP contribution in [-0.4, -0.2) is 5.11 Å². The van der Waals surface area contributed by atoms with Crippen LogP contribution < -0.4 is 0 Å². The van der Waals surface area contributed by atoms with Crippen molar-refractivity contribution < 1.29 is 9.50 Å². The first-order valence-electron chi connectivity index (χ1n) is 6.15. The minimum Gasteiger partial charge on any atom is -0.385 e. The Bertz CT molecular complexity index is 495. The highest BCUT2D eigenvalue weighted by Gasteiger charge is 2.27. The van der Waals surface area contributed by atoms with Crippen molar-refractivity contribution >= 4 is 11.3 Å². The van der Waals surface area contributed by atoms with Gasteiger partial charge >= 0.3 is 0 Å². The van der Waals surface area contributed by atoms with E-state index >= 15 is 0 Å². The van der Waals surface area contributed by atoms with Crippen molar-refractivity contribution in [3.8, 4) is 0 Å². The Kier molecular flexibility index (Phi) is 4.15. The second kappa shape index (κ2) is 5.63. The summed E-state index contributed by atoms with van der Waals surface area (Å²) in [5.74, 6) is -0.296. The lowest BCUT2D eigenvalue weighted by atomic mass is 9.86. The van der Waals surface area contributed by atoms with E-state index in [0.29, 0.717) is 18.4 Å². The van der Waals surface area contributed by atoms with E-state index in [1.54, 1.807) is 23.5 Å². The second-order valence-corrected chi connectivity index (χ2v) is 5.51. The maximum atomic E-state index is 13.2. The summed E-state index contributed by atoms with van der Waals surface area (Å²) in [7, 11) is 0. The molecule has 1 atom stereocenters. The van der Waals surface area contributed by atoms with Crippen molar-refractivity contribution in [1.82, 2.24) is 0 Å². The van der Waals surface area contributed by atoms with Crippen LogP contribution in [0.1, 0.15) is 30.2 Å². The number of hydrogen-bond donors (Lipinski definition) is 1. The molecular weight excluding hydrogens is 247 g/mol. The first-order valence-corrected chi connectivity index (χ1v) is 7.03. The molecule has 0 aliphatic rings. The van der Waals surface area contributed by atoms with Crippen LogP contribution in [0.15, 0.2) is 41.8 Å². The Morgan fingerprint density at radius 2 is 2.11 bits per heavy atom. The van der Waals surface area contributed by atoms with Gasteiger partial charge in [-0.05, 0) is 48.4 Å². The predicted molar refractivity (Wildman–Crippen MR) is 73.2 cm³/mol. The molecule has 18 heavy (non-hydrogen) atoms. The number of aliphatic hydroxyl groups is 1. The zero-order valence-electron chi connectivity index (χ0n) is 10.4. The van der Waals surface area contributed by atoms with E-state index in [1.807, 2.05) is 18.4 Å². The number of rotatable bonds is 5. The van der Waals surface area contributed by atoms with Crippen LogP contribution in [-0.2, 0) is 12.0 Å². The van der Waals surface area contributed by atoms with Gasteiger partial charge in [-0.2, -0.15) is 0 Å². The van der Waals surface area contributed by atoms with Gasteiger partial charge in [-0.25, -0.2) is 4.39 Å². The SMILES string of the molecule is CCC(O)(CCc1cccs1)c1cccc(F)c1. The molecule has 0 bridgehead atoms. The summed E-state index contributed by atoms with van der Waals surface area (Å²) >= 11 is 1.69. The summed E-state index contributed by atoms with van der Waals surface area (Å²) in [6.45, 7) is 1.93. The lowest BCUT2D eigenvalue weighted by Gasteiger charge is -2.27. The zero-order chi connectivity index (χ0) is 13.0. The van der Waals surface area contributed by atoms with E-state index in [-0.39, 0.29) is 5.82 Å². The second-order valence-electron chi connectivity index (χ2n) is 4.47. The molecule has 1 nitrogen and oxygen atoms in total. The molecule has 0 radical (unpaired) electrons. The van der Waals surface area contributed by atoms with Crippen LogP contribution in [0, 0.1) is 5.82 Å². The number of hydrogen-bond acceptors (Lipinski definition) is 2. The van der Waals surface area contributed by atoms with E-state index in [0.717, 1.165) is 6.42 Å². The molecule has 1 aromatic carbocycles. The van der Waals surface area contributed by atoms with Crippen molar-refractivity contribution in [3.05, 3.63) is 58.0 Å². The largest absolute Gasteiger partial charge is 0.385 e. The molecule has 1 N–H and O–H groups in total. The monoisotopic (exact) mass is 264 g/mol. The van der Waals surface area contributed by atoms with Gasteiger partial charge in [-0.15, -0.1) is 11.3 Å². The Labute approximate surface area is 111 Å². The molecule has 0 spiro atoms. The molecule has 2 aromatic rings. The molecule has 0 aliphatic heterocycles. The van der Waals surface area contributed by atoms with Gasteiger partial charge in [0.05, 0.1) is 5.60 Å². The van der Waals surface area contributed by atoms with Crippen molar-refractivity contribution in [1.29, 1.82) is 0 Å². The molecule has 0 amide bonds. The summed E-state index contributed by atoms with van der Waals surface area (Å²) in [5, 5.41) is 12.7. The third kappa shape index (κ3) is 2.98. The highest BCUT2D eigenvalue weighted by Crippen LogP contribution is 2.31. The van der Waals surface area contributed by atoms with Crippen LogP contribution in [0.25, 0.3) is 0 Å². The smallest absolute Gasteiger partial charge is 0.123 e. The van der Waals surface area contributed by atoms with Crippen molar-refractivity contribution in [2.24, 2.45) is 0 Å². The maximum Gasteiger partial charge on any atom is 0.123 e. The average molecular weight is 264 g/mol. The van der Waals surface area contributed by atoms with E-state index in [9.17, 15) is 9.50 Å². The maximum absolute atomic E-state index is 13.2. The summed E-state index contributed by atoms with van der Waals surface area (Å²) in [6.07, 6.45) is 2.02. The molecule has 96 valence electrons. The Morgan fingerprint density at radius 1 is 1.28 bits per heavy atom. The third-order valence-electron chi connectivity index (χ3n) is 3.31. The van der Waals surface area contributed by atoms with Crippen LogP contribution >= 0.6 is 11.3 Å². The zero-order valence-corrected chi connectivity index (χ0v) is 11.2. The van der Waals surface area contributed by atoms with Gasteiger partial charge in [-0.1, -0.05) is 25.1 Å². The fraction of sp³-hybridized carbons (Fsp3) is 0.333. The van der Waals surface area contributed by atoms with E-state index < -0.39 is 5.60 Å². The van der Waals surface area contributed by atoms with Crippen LogP contribution in [0.2, 0.25) is 0 Å². The van der Waals surface area contributed by atoms with Crippen molar-refractivity contribution in [3.63, 3.8) is 0 Å². The van der Waals surface area contributed by atoms with Gasteiger partial charge in [-0.3, -0.25) is 0 Å². The lowest BCUT2D eigenvalue weighted by molar-refractivity contribution is 0.0235. The minimum absolute atomic E-state index is 0.296. The van der Waals surface area contributed by atoms with E-state index in [4.69, 9.17) is 0 Å². The molecule has 2 rings (SSSR count). The fourth-order valence-corrected chi connectivity index (χ4v) is 2.80. The standard InChI is InChI=1S/C15H17FOS/c1-2-15(17,9-8-14-7-4-10-18-14)12-5-3-6-13(16)11-12/h3-7,10-11,17H,2,8-9H2,1H3. The highest BCUT2D eigenvalue weighted by atomic mass is 32.1. The molecule has 0 fully saturated rings. The Hall–Kier alpha value is -1.19. The fourth-order valence-electron chi connectivity index (χ4n) is 2.09. The predicted octanol–water partition coefficient (Wildman–Crippen LogP) is 4.12. The topological polar surface area (TPSA) is 20.2 Å². The normalized spacial score (nSPS) is 14.4. The number of aryl methyl sites for hydroxylation is 1. The molecule has 1 unspecified atom stereocenters. The number of benzene rings is 1. The van der Waals surface area contributed by atoms with Crippen molar-refractivity contribution in [2.75, 3.05) is 0 Å². The van der Waals surface area contributed by atoms with Crippen molar-refractivity contribution in [2.45, 2.75) is 31.8 Å². The highest BCUT2D eigenvalue weighted by molar-refractivity contribution is 7.09. The van der Waals surface area contributed by atoms with E-state index in [2.05, 4.69) is 6.07 Å². The van der Waals surface area contributed by atoms with Crippen LogP contribution in [0.5, 0.6) is 0 Å². The van der Waals surface area contributed by atoms with Gasteiger partial charge < -0.3 is 5.11 Å². The van der Waals surface area contributed by atoms with Crippen LogP contribution in [0.4, 0.5) is 4.39 Å². The third-order valence-corrected chi connectivity index (χ3v) is 4.25. The van der Waals surface area contributed by atoms with Gasteiger partial charge in [0.25, 0.3) is 0 Å². The molecule has 1 heterocycles. The van der Waals surface area contributed by atoms with Gasteiger partial charge in [0.15, 0.2) is 0 Å². The summed E-state index contributed by atoms with van der Waals surface area (Å²) < 4.78 is 13.2. The first-order chi connectivity index (χ1) is 8.64. The number of halogens is 1. The molecule has 3 heteroatoms. The first kappa shape index (κ1) is 13.2. The quantitative estimate of drug-likeness (QED) is 0.861. The summed E-state index contributed by atoms with van der Waals surface area (Å²) in [5.41, 5.74) is -0.270.